The van der Waals surface area contributed by atoms with Gasteiger partial charge in [0, 0.05) is 23.5 Å². The Bertz CT molecular complexity index is 923. The first kappa shape index (κ1) is 20.0. The molecule has 0 aliphatic rings. The zero-order valence-corrected chi connectivity index (χ0v) is 16.4. The highest BCUT2D eigenvalue weighted by Gasteiger charge is 2.20. The number of hydrogen-bond donors (Lipinski definition) is 2. The third-order valence-electron chi connectivity index (χ3n) is 4.65. The number of nitrogens with zero attached hydrogens (tertiary/aromatic N) is 1. The number of fused-ring (bicyclic) bond motifs is 1. The van der Waals surface area contributed by atoms with E-state index >= 15 is 0 Å². The molecule has 5 nitrogen and oxygen atoms in total. The molecule has 1 atom stereocenters. The average molecular weight is 377 g/mol. The van der Waals surface area contributed by atoms with Gasteiger partial charge >= 0.3 is 0 Å². The molecule has 0 saturated heterocycles. The Morgan fingerprint density at radius 2 is 1.89 bits per heavy atom. The van der Waals surface area contributed by atoms with Crippen molar-refractivity contribution in [2.24, 2.45) is 5.73 Å². The number of ether oxygens (including phenoxy) is 1. The van der Waals surface area contributed by atoms with Crippen LogP contribution in [0.1, 0.15) is 37.3 Å². The molecule has 2 aromatic carbocycles. The first-order valence-corrected chi connectivity index (χ1v) is 9.62. The number of aromatic nitrogens is 1. The minimum atomic E-state index is -0.293. The molecule has 3 aromatic rings. The number of pyridine rings is 1. The maximum absolute atomic E-state index is 12.9. The summed E-state index contributed by atoms with van der Waals surface area (Å²) >= 11 is 0. The smallest absolute Gasteiger partial charge is 0.231 e. The van der Waals surface area contributed by atoms with Crippen LogP contribution >= 0.6 is 0 Å². The Morgan fingerprint density at radius 3 is 2.61 bits per heavy atom. The third-order valence-corrected chi connectivity index (χ3v) is 4.65. The molecule has 0 fully saturated rings. The molecule has 146 valence electrons. The van der Waals surface area contributed by atoms with Crippen LogP contribution in [0, 0.1) is 0 Å². The second kappa shape index (κ2) is 9.44. The van der Waals surface area contributed by atoms with Crippen molar-refractivity contribution in [3.05, 3.63) is 72.1 Å². The molecule has 5 heteroatoms. The molecular formula is C23H27N3O2. The number of anilines is 1. The van der Waals surface area contributed by atoms with E-state index in [1.807, 2.05) is 68.6 Å². The molecule has 1 heterocycles. The highest BCUT2D eigenvalue weighted by atomic mass is 16.5. The third kappa shape index (κ3) is 5.15. The Kier molecular flexibility index (Phi) is 6.74. The summed E-state index contributed by atoms with van der Waals surface area (Å²) < 4.78 is 5.63. The number of carbonyl (C=O) groups is 1. The van der Waals surface area contributed by atoms with Gasteiger partial charge in [0.2, 0.25) is 5.91 Å². The zero-order chi connectivity index (χ0) is 19.9. The number of hydrogen-bond acceptors (Lipinski definition) is 4. The van der Waals surface area contributed by atoms with Crippen molar-refractivity contribution in [3.63, 3.8) is 0 Å². The summed E-state index contributed by atoms with van der Waals surface area (Å²) in [4.78, 5) is 17.1. The molecule has 3 rings (SSSR count). The van der Waals surface area contributed by atoms with Crippen LogP contribution in [0.25, 0.3) is 10.8 Å². The van der Waals surface area contributed by atoms with E-state index in [1.165, 1.54) is 0 Å². The van der Waals surface area contributed by atoms with Gasteiger partial charge in [-0.15, -0.1) is 0 Å². The van der Waals surface area contributed by atoms with Crippen molar-refractivity contribution in [2.45, 2.75) is 38.9 Å². The van der Waals surface area contributed by atoms with Crippen LogP contribution in [-0.2, 0) is 16.1 Å². The van der Waals surface area contributed by atoms with Gasteiger partial charge in [-0.3, -0.25) is 9.78 Å². The highest BCUT2D eigenvalue weighted by molar-refractivity contribution is 5.97. The Hall–Kier alpha value is -2.76. The summed E-state index contributed by atoms with van der Waals surface area (Å²) in [5.41, 5.74) is 8.60. The molecule has 0 radical (unpaired) electrons. The van der Waals surface area contributed by atoms with Crippen molar-refractivity contribution in [3.8, 4) is 0 Å². The van der Waals surface area contributed by atoms with Gasteiger partial charge in [-0.25, -0.2) is 0 Å². The van der Waals surface area contributed by atoms with E-state index in [0.717, 1.165) is 27.6 Å². The Balaban J connectivity index is 1.73. The second-order valence-electron chi connectivity index (χ2n) is 7.16. The fourth-order valence-electron chi connectivity index (χ4n) is 3.12. The number of nitrogens with two attached hydrogens (primary N) is 1. The largest absolute Gasteiger partial charge is 0.374 e. The molecule has 0 unspecified atom stereocenters. The van der Waals surface area contributed by atoms with Crippen LogP contribution in [0.4, 0.5) is 5.69 Å². The summed E-state index contributed by atoms with van der Waals surface area (Å²) in [6, 6.07) is 15.7. The van der Waals surface area contributed by atoms with Gasteiger partial charge in [0.15, 0.2) is 0 Å². The molecule has 3 N–H and O–H groups in total. The molecule has 0 saturated carbocycles. The molecular weight excluding hydrogens is 350 g/mol. The van der Waals surface area contributed by atoms with Crippen molar-refractivity contribution in [2.75, 3.05) is 11.9 Å². The van der Waals surface area contributed by atoms with Crippen LogP contribution in [0.2, 0.25) is 0 Å². The van der Waals surface area contributed by atoms with Gasteiger partial charge in [0.25, 0.3) is 0 Å². The fourth-order valence-corrected chi connectivity index (χ4v) is 3.12. The standard InChI is InChI=1S/C23H27N3O2/c1-16(2)28-15-17-3-5-18(6-4-17)22(9-11-24)23(27)26-21-8-7-20-14-25-12-10-19(20)13-21/h3-8,10,12-14,16,22H,9,11,15,24H2,1-2H3,(H,26,27)/t22-/m1/s1. The Labute approximate surface area is 165 Å². The first-order valence-electron chi connectivity index (χ1n) is 9.62. The summed E-state index contributed by atoms with van der Waals surface area (Å²) in [5, 5.41) is 5.11. The SMILES string of the molecule is CC(C)OCc1ccc([C@@H](CCN)C(=O)Nc2ccc3cnccc3c2)cc1. The molecule has 1 aromatic heterocycles. The van der Waals surface area contributed by atoms with Crippen LogP contribution in [-0.4, -0.2) is 23.5 Å². The molecule has 0 aliphatic heterocycles. The lowest BCUT2D eigenvalue weighted by atomic mass is 9.94. The van der Waals surface area contributed by atoms with E-state index in [4.69, 9.17) is 10.5 Å². The summed E-state index contributed by atoms with van der Waals surface area (Å²) in [5.74, 6) is -0.344. The number of amides is 1. The molecule has 28 heavy (non-hydrogen) atoms. The summed E-state index contributed by atoms with van der Waals surface area (Å²) in [7, 11) is 0. The van der Waals surface area contributed by atoms with E-state index < -0.39 is 0 Å². The summed E-state index contributed by atoms with van der Waals surface area (Å²) in [6.45, 7) is 5.04. The first-order chi connectivity index (χ1) is 13.6. The monoisotopic (exact) mass is 377 g/mol. The second-order valence-corrected chi connectivity index (χ2v) is 7.16. The van der Waals surface area contributed by atoms with Crippen LogP contribution in [0.3, 0.4) is 0 Å². The van der Waals surface area contributed by atoms with Gasteiger partial charge in [-0.2, -0.15) is 0 Å². The van der Waals surface area contributed by atoms with Gasteiger partial charge in [0.05, 0.1) is 18.6 Å². The van der Waals surface area contributed by atoms with Crippen LogP contribution in [0.5, 0.6) is 0 Å². The van der Waals surface area contributed by atoms with Crippen LogP contribution < -0.4 is 11.1 Å². The van der Waals surface area contributed by atoms with E-state index in [9.17, 15) is 4.79 Å². The van der Waals surface area contributed by atoms with Gasteiger partial charge in [-0.05, 0) is 61.5 Å². The van der Waals surface area contributed by atoms with Gasteiger partial charge in [0.1, 0.15) is 0 Å². The minimum absolute atomic E-state index is 0.0509. The maximum Gasteiger partial charge on any atom is 0.231 e. The lowest BCUT2D eigenvalue weighted by Gasteiger charge is -2.17. The number of benzene rings is 2. The predicted molar refractivity (Wildman–Crippen MR) is 113 cm³/mol. The average Bonchev–Trinajstić information content (AvgIpc) is 2.71. The van der Waals surface area contributed by atoms with Crippen LogP contribution in [0.15, 0.2) is 60.9 Å². The zero-order valence-electron chi connectivity index (χ0n) is 16.4. The quantitative estimate of drug-likeness (QED) is 0.616. The number of rotatable bonds is 8. The number of carbonyl (C=O) groups excluding carboxylic acids is 1. The topological polar surface area (TPSA) is 77.2 Å². The molecule has 1 amide bonds. The fraction of sp³-hybridized carbons (Fsp3) is 0.304. The van der Waals surface area contributed by atoms with E-state index in [2.05, 4.69) is 10.3 Å². The van der Waals surface area contributed by atoms with E-state index in [-0.39, 0.29) is 17.9 Å². The van der Waals surface area contributed by atoms with E-state index in [1.54, 1.807) is 6.20 Å². The lowest BCUT2D eigenvalue weighted by molar-refractivity contribution is -0.117. The lowest BCUT2D eigenvalue weighted by Crippen LogP contribution is -2.23. The molecule has 0 spiro atoms. The summed E-state index contributed by atoms with van der Waals surface area (Å²) in [6.07, 6.45) is 4.33. The minimum Gasteiger partial charge on any atom is -0.374 e. The number of nitrogens with one attached hydrogen (secondary N) is 1. The van der Waals surface area contributed by atoms with Gasteiger partial charge < -0.3 is 15.8 Å². The molecule has 0 bridgehead atoms. The maximum atomic E-state index is 12.9. The van der Waals surface area contributed by atoms with E-state index in [0.29, 0.717) is 19.6 Å². The van der Waals surface area contributed by atoms with Crippen molar-refractivity contribution < 1.29 is 9.53 Å². The Morgan fingerprint density at radius 1 is 1.11 bits per heavy atom. The normalized spacial score (nSPS) is 12.3. The van der Waals surface area contributed by atoms with Crippen molar-refractivity contribution in [1.82, 2.24) is 4.98 Å². The highest BCUT2D eigenvalue weighted by Crippen LogP contribution is 2.24. The predicted octanol–water partition coefficient (Wildman–Crippen LogP) is 4.23. The van der Waals surface area contributed by atoms with Crippen molar-refractivity contribution in [1.29, 1.82) is 0 Å². The van der Waals surface area contributed by atoms with Gasteiger partial charge in [-0.1, -0.05) is 30.3 Å². The van der Waals surface area contributed by atoms with Crippen molar-refractivity contribution >= 4 is 22.4 Å². The molecule has 0 aliphatic carbocycles.